The molecular formula is C7H15NO2S2. The van der Waals surface area contributed by atoms with Gasteiger partial charge in [0.05, 0.1) is 0 Å². The number of rotatable bonds is 6. The molecule has 72 valence electrons. The van der Waals surface area contributed by atoms with Gasteiger partial charge in [0.25, 0.3) is 0 Å². The molecule has 0 aliphatic carbocycles. The fourth-order valence-electron chi connectivity index (χ4n) is 0.932. The molecule has 0 fully saturated rings. The first-order valence-electron chi connectivity index (χ1n) is 3.92. The Labute approximate surface area is 84.1 Å². The number of aliphatic carboxylic acids is 1. The molecule has 0 aromatic rings. The number of nitrogens with zero attached hydrogens (tertiary/aromatic N) is 1. The van der Waals surface area contributed by atoms with E-state index in [-0.39, 0.29) is 0 Å². The van der Waals surface area contributed by atoms with Crippen molar-refractivity contribution in [1.82, 2.24) is 4.31 Å². The Balaban J connectivity index is 3.99. The minimum absolute atomic E-state index is 0.481. The number of hydrogen-bond acceptors (Lipinski definition) is 4. The molecule has 0 spiro atoms. The summed E-state index contributed by atoms with van der Waals surface area (Å²) in [5.41, 5.74) is 0. The van der Waals surface area contributed by atoms with Crippen LogP contribution in [0.15, 0.2) is 0 Å². The van der Waals surface area contributed by atoms with Gasteiger partial charge in [-0.2, -0.15) is 12.6 Å². The van der Waals surface area contributed by atoms with Crippen molar-refractivity contribution in [3.05, 3.63) is 0 Å². The molecule has 0 saturated heterocycles. The zero-order valence-electron chi connectivity index (χ0n) is 7.10. The van der Waals surface area contributed by atoms with Crippen LogP contribution in [0.2, 0.25) is 0 Å². The van der Waals surface area contributed by atoms with Crippen LogP contribution in [0.1, 0.15) is 19.8 Å². The lowest BCUT2D eigenvalue weighted by Gasteiger charge is -2.21. The summed E-state index contributed by atoms with van der Waals surface area (Å²) >= 11 is 8.09. The van der Waals surface area contributed by atoms with E-state index in [1.165, 1.54) is 4.31 Å². The Hall–Kier alpha value is 0.130. The van der Waals surface area contributed by atoms with Crippen molar-refractivity contribution in [2.45, 2.75) is 25.8 Å². The highest BCUT2D eigenvalue weighted by atomic mass is 32.1. The summed E-state index contributed by atoms with van der Waals surface area (Å²) in [6.45, 7) is 2.54. The van der Waals surface area contributed by atoms with E-state index in [0.29, 0.717) is 18.7 Å². The maximum atomic E-state index is 10.7. The molecule has 0 heterocycles. The average Bonchev–Trinajstić information content (AvgIpc) is 1.99. The third-order valence-corrected chi connectivity index (χ3v) is 2.21. The van der Waals surface area contributed by atoms with Crippen molar-refractivity contribution in [1.29, 1.82) is 0 Å². The summed E-state index contributed by atoms with van der Waals surface area (Å²) in [6.07, 6.45) is 1.48. The molecule has 0 bridgehead atoms. The summed E-state index contributed by atoms with van der Waals surface area (Å²) in [6, 6.07) is -0.481. The fraction of sp³-hybridized carbons (Fsp3) is 0.857. The second kappa shape index (κ2) is 6.62. The predicted molar refractivity (Wildman–Crippen MR) is 55.9 cm³/mol. The van der Waals surface area contributed by atoms with E-state index in [1.807, 2.05) is 6.92 Å². The molecule has 0 aliphatic rings. The molecule has 12 heavy (non-hydrogen) atoms. The first-order chi connectivity index (χ1) is 5.63. The highest BCUT2D eigenvalue weighted by Gasteiger charge is 2.21. The van der Waals surface area contributed by atoms with Crippen molar-refractivity contribution in [2.75, 3.05) is 12.3 Å². The molecular weight excluding hydrogens is 194 g/mol. The van der Waals surface area contributed by atoms with Gasteiger partial charge in [-0.05, 0) is 6.42 Å². The quantitative estimate of drug-likeness (QED) is 0.578. The Morgan fingerprint density at radius 3 is 2.58 bits per heavy atom. The summed E-state index contributed by atoms with van der Waals surface area (Å²) in [4.78, 5) is 10.7. The van der Waals surface area contributed by atoms with E-state index in [4.69, 9.17) is 5.11 Å². The molecule has 0 rings (SSSR count). The van der Waals surface area contributed by atoms with Gasteiger partial charge in [0.2, 0.25) is 0 Å². The van der Waals surface area contributed by atoms with Crippen LogP contribution in [0.5, 0.6) is 0 Å². The first-order valence-corrected chi connectivity index (χ1v) is 4.95. The standard InChI is InChI=1S/C7H15NO2S2/c1-2-3-6(7(9)10)8(12)4-5-11/h6,11-12H,2-5H2,1H3,(H,9,10). The van der Waals surface area contributed by atoms with Crippen molar-refractivity contribution < 1.29 is 9.90 Å². The van der Waals surface area contributed by atoms with E-state index >= 15 is 0 Å². The van der Waals surface area contributed by atoms with Gasteiger partial charge in [0.1, 0.15) is 6.04 Å². The Morgan fingerprint density at radius 1 is 1.67 bits per heavy atom. The van der Waals surface area contributed by atoms with Crippen molar-refractivity contribution >= 4 is 31.4 Å². The van der Waals surface area contributed by atoms with Crippen LogP contribution in [-0.2, 0) is 4.79 Å². The Morgan fingerprint density at radius 2 is 2.25 bits per heavy atom. The number of thiol groups is 2. The summed E-state index contributed by atoms with van der Waals surface area (Å²) in [5.74, 6) is -0.189. The molecule has 0 radical (unpaired) electrons. The normalized spacial score (nSPS) is 13.3. The van der Waals surface area contributed by atoms with Gasteiger partial charge in [0.15, 0.2) is 0 Å². The van der Waals surface area contributed by atoms with Gasteiger partial charge in [-0.25, -0.2) is 4.31 Å². The second-order valence-electron chi connectivity index (χ2n) is 2.53. The third-order valence-electron chi connectivity index (χ3n) is 1.54. The van der Waals surface area contributed by atoms with Crippen LogP contribution < -0.4 is 0 Å². The second-order valence-corrected chi connectivity index (χ2v) is 3.49. The lowest BCUT2D eigenvalue weighted by molar-refractivity contribution is -0.141. The lowest BCUT2D eigenvalue weighted by Crippen LogP contribution is -2.35. The van der Waals surface area contributed by atoms with Crippen LogP contribution in [0.4, 0.5) is 0 Å². The van der Waals surface area contributed by atoms with Crippen molar-refractivity contribution in [3.8, 4) is 0 Å². The summed E-state index contributed by atoms with van der Waals surface area (Å²) < 4.78 is 1.53. The van der Waals surface area contributed by atoms with E-state index in [0.717, 1.165) is 6.42 Å². The zero-order chi connectivity index (χ0) is 9.56. The summed E-state index contributed by atoms with van der Waals surface area (Å²) in [7, 11) is 0. The predicted octanol–water partition coefficient (Wildman–Crippen LogP) is 1.32. The van der Waals surface area contributed by atoms with Gasteiger partial charge in [-0.3, -0.25) is 4.79 Å². The van der Waals surface area contributed by atoms with Gasteiger partial charge in [0, 0.05) is 12.3 Å². The topological polar surface area (TPSA) is 40.5 Å². The number of hydrogen-bond donors (Lipinski definition) is 3. The van der Waals surface area contributed by atoms with Crippen molar-refractivity contribution in [3.63, 3.8) is 0 Å². The first kappa shape index (κ1) is 12.1. The Bertz CT molecular complexity index is 143. The third kappa shape index (κ3) is 4.23. The monoisotopic (exact) mass is 209 g/mol. The van der Waals surface area contributed by atoms with Gasteiger partial charge in [-0.1, -0.05) is 26.2 Å². The van der Waals surface area contributed by atoms with Gasteiger partial charge in [-0.15, -0.1) is 0 Å². The van der Waals surface area contributed by atoms with Crippen LogP contribution in [-0.4, -0.2) is 33.7 Å². The zero-order valence-corrected chi connectivity index (χ0v) is 8.89. The summed E-state index contributed by atoms with van der Waals surface area (Å²) in [5, 5.41) is 8.79. The molecule has 0 aromatic carbocycles. The van der Waals surface area contributed by atoms with Crippen LogP contribution >= 0.6 is 25.4 Å². The minimum Gasteiger partial charge on any atom is -0.480 e. The van der Waals surface area contributed by atoms with E-state index in [2.05, 4.69) is 25.4 Å². The van der Waals surface area contributed by atoms with Crippen molar-refractivity contribution in [2.24, 2.45) is 0 Å². The van der Waals surface area contributed by atoms with Crippen LogP contribution in [0, 0.1) is 0 Å². The van der Waals surface area contributed by atoms with E-state index in [9.17, 15) is 4.79 Å². The highest BCUT2D eigenvalue weighted by Crippen LogP contribution is 2.09. The fourth-order valence-corrected chi connectivity index (χ4v) is 1.62. The Kier molecular flexibility index (Phi) is 6.70. The molecule has 0 aromatic heterocycles. The van der Waals surface area contributed by atoms with Gasteiger partial charge >= 0.3 is 5.97 Å². The number of carboxylic acids is 1. The maximum Gasteiger partial charge on any atom is 0.321 e. The minimum atomic E-state index is -0.811. The lowest BCUT2D eigenvalue weighted by atomic mass is 10.2. The van der Waals surface area contributed by atoms with Crippen LogP contribution in [0.25, 0.3) is 0 Å². The molecule has 1 unspecified atom stereocenters. The maximum absolute atomic E-state index is 10.7. The van der Waals surface area contributed by atoms with E-state index < -0.39 is 12.0 Å². The SMILES string of the molecule is CCCC(C(=O)O)N(S)CCS. The van der Waals surface area contributed by atoms with Crippen LogP contribution in [0.3, 0.4) is 0 Å². The molecule has 0 aliphatic heterocycles. The highest BCUT2D eigenvalue weighted by molar-refractivity contribution is 7.80. The molecule has 0 amide bonds. The molecule has 0 saturated carbocycles. The number of carboxylic acid groups (broad SMARTS) is 1. The molecule has 1 N–H and O–H groups in total. The largest absolute Gasteiger partial charge is 0.480 e. The van der Waals surface area contributed by atoms with E-state index in [1.54, 1.807) is 0 Å². The smallest absolute Gasteiger partial charge is 0.321 e. The molecule has 1 atom stereocenters. The molecule has 5 heteroatoms. The number of carbonyl (C=O) groups is 1. The molecule has 3 nitrogen and oxygen atoms in total. The average molecular weight is 209 g/mol. The van der Waals surface area contributed by atoms with Gasteiger partial charge < -0.3 is 5.11 Å².